The molecule has 2 aliphatic rings. The van der Waals surface area contributed by atoms with E-state index in [-0.39, 0.29) is 5.56 Å². The van der Waals surface area contributed by atoms with Crippen molar-refractivity contribution in [3.05, 3.63) is 29.6 Å². The standard InChI is InChI=1S/C17H22FN3/c1-2-7-20-13-9-15-3-4-16(10-13)21(15)14-5-6-17(18)12(8-14)11-19/h5-6,8,13,15-16,20H,2-4,7,9-10H2,1H3. The van der Waals surface area contributed by atoms with Gasteiger partial charge in [-0.15, -0.1) is 0 Å². The number of hydrogen-bond donors (Lipinski definition) is 1. The number of piperidine rings is 1. The third-order valence-corrected chi connectivity index (χ3v) is 4.78. The van der Waals surface area contributed by atoms with E-state index in [0.29, 0.717) is 18.1 Å². The summed E-state index contributed by atoms with van der Waals surface area (Å²) in [6, 6.07) is 8.55. The van der Waals surface area contributed by atoms with Gasteiger partial charge in [0.2, 0.25) is 0 Å². The minimum absolute atomic E-state index is 0.151. The van der Waals surface area contributed by atoms with Crippen molar-refractivity contribution < 1.29 is 4.39 Å². The summed E-state index contributed by atoms with van der Waals surface area (Å²) in [5.41, 5.74) is 1.16. The molecule has 2 unspecified atom stereocenters. The van der Waals surface area contributed by atoms with Crippen LogP contribution in [0.15, 0.2) is 18.2 Å². The molecule has 1 N–H and O–H groups in total. The van der Waals surface area contributed by atoms with Gasteiger partial charge >= 0.3 is 0 Å². The first-order valence-electron chi connectivity index (χ1n) is 7.94. The van der Waals surface area contributed by atoms with E-state index in [4.69, 9.17) is 5.26 Å². The van der Waals surface area contributed by atoms with Gasteiger partial charge in [-0.05, 0) is 56.8 Å². The number of nitrogens with one attached hydrogen (secondary N) is 1. The molecule has 0 radical (unpaired) electrons. The topological polar surface area (TPSA) is 39.1 Å². The average molecular weight is 287 g/mol. The summed E-state index contributed by atoms with van der Waals surface area (Å²) < 4.78 is 13.5. The van der Waals surface area contributed by atoms with Gasteiger partial charge in [0.05, 0.1) is 5.56 Å². The van der Waals surface area contributed by atoms with Crippen LogP contribution in [0.2, 0.25) is 0 Å². The molecule has 21 heavy (non-hydrogen) atoms. The minimum atomic E-state index is -0.423. The Morgan fingerprint density at radius 3 is 2.67 bits per heavy atom. The summed E-state index contributed by atoms with van der Waals surface area (Å²) in [4.78, 5) is 2.42. The SMILES string of the molecule is CCCNC1CC2CCC(C1)N2c1ccc(F)c(C#N)c1. The highest BCUT2D eigenvalue weighted by molar-refractivity contribution is 5.55. The molecule has 0 spiro atoms. The molecule has 0 aromatic heterocycles. The van der Waals surface area contributed by atoms with Crippen LogP contribution in [0, 0.1) is 17.1 Å². The van der Waals surface area contributed by atoms with Gasteiger partial charge in [-0.1, -0.05) is 6.92 Å². The minimum Gasteiger partial charge on any atom is -0.365 e. The molecule has 4 heteroatoms. The predicted octanol–water partition coefficient (Wildman–Crippen LogP) is 3.20. The number of benzene rings is 1. The van der Waals surface area contributed by atoms with Gasteiger partial charge in [0, 0.05) is 23.8 Å². The first-order chi connectivity index (χ1) is 10.2. The Balaban J connectivity index is 1.78. The van der Waals surface area contributed by atoms with E-state index in [1.54, 1.807) is 6.07 Å². The van der Waals surface area contributed by atoms with Gasteiger partial charge in [0.25, 0.3) is 0 Å². The van der Waals surface area contributed by atoms with Crippen LogP contribution < -0.4 is 10.2 Å². The molecule has 2 saturated heterocycles. The molecule has 2 bridgehead atoms. The molecule has 2 aliphatic heterocycles. The number of nitriles is 1. The number of fused-ring (bicyclic) bond motifs is 2. The fourth-order valence-electron chi connectivity index (χ4n) is 3.87. The highest BCUT2D eigenvalue weighted by atomic mass is 19.1. The summed E-state index contributed by atoms with van der Waals surface area (Å²) in [6.07, 6.45) is 5.87. The van der Waals surface area contributed by atoms with Crippen LogP contribution in [-0.4, -0.2) is 24.7 Å². The highest BCUT2D eigenvalue weighted by Crippen LogP contribution is 2.39. The van der Waals surface area contributed by atoms with Crippen molar-refractivity contribution in [2.75, 3.05) is 11.4 Å². The van der Waals surface area contributed by atoms with Crippen molar-refractivity contribution in [3.63, 3.8) is 0 Å². The van der Waals surface area contributed by atoms with Gasteiger partial charge < -0.3 is 10.2 Å². The Labute approximate surface area is 125 Å². The zero-order chi connectivity index (χ0) is 14.8. The van der Waals surface area contributed by atoms with Crippen molar-refractivity contribution in [1.82, 2.24) is 5.32 Å². The first kappa shape index (κ1) is 14.3. The average Bonchev–Trinajstić information content (AvgIpc) is 2.76. The fraction of sp³-hybridized carbons (Fsp3) is 0.588. The van der Waals surface area contributed by atoms with Crippen molar-refractivity contribution in [2.45, 2.75) is 57.2 Å². The molecule has 3 nitrogen and oxygen atoms in total. The van der Waals surface area contributed by atoms with Crippen LogP contribution in [0.4, 0.5) is 10.1 Å². The third-order valence-electron chi connectivity index (χ3n) is 4.78. The van der Waals surface area contributed by atoms with Crippen molar-refractivity contribution in [2.24, 2.45) is 0 Å². The zero-order valence-corrected chi connectivity index (χ0v) is 12.5. The van der Waals surface area contributed by atoms with E-state index in [9.17, 15) is 4.39 Å². The molecule has 2 fully saturated rings. The molecule has 0 amide bonds. The number of halogens is 1. The lowest BCUT2D eigenvalue weighted by molar-refractivity contribution is 0.356. The second-order valence-corrected chi connectivity index (χ2v) is 6.19. The number of rotatable bonds is 4. The summed E-state index contributed by atoms with van der Waals surface area (Å²) in [6.45, 7) is 3.28. The van der Waals surface area contributed by atoms with Crippen LogP contribution in [-0.2, 0) is 0 Å². The number of nitrogens with zero attached hydrogens (tertiary/aromatic N) is 2. The highest BCUT2D eigenvalue weighted by Gasteiger charge is 2.40. The zero-order valence-electron chi connectivity index (χ0n) is 12.5. The maximum Gasteiger partial charge on any atom is 0.141 e. The molecule has 0 saturated carbocycles. The maximum atomic E-state index is 13.5. The molecule has 1 aromatic rings. The Morgan fingerprint density at radius 2 is 2.05 bits per heavy atom. The molecular weight excluding hydrogens is 265 g/mol. The van der Waals surface area contributed by atoms with Crippen molar-refractivity contribution in [3.8, 4) is 6.07 Å². The van der Waals surface area contributed by atoms with E-state index >= 15 is 0 Å². The molecule has 112 valence electrons. The molecule has 3 rings (SSSR count). The van der Waals surface area contributed by atoms with E-state index < -0.39 is 5.82 Å². The normalized spacial score (nSPS) is 27.7. The van der Waals surface area contributed by atoms with E-state index in [1.807, 2.05) is 12.1 Å². The summed E-state index contributed by atoms with van der Waals surface area (Å²) >= 11 is 0. The van der Waals surface area contributed by atoms with Crippen LogP contribution in [0.1, 0.15) is 44.6 Å². The maximum absolute atomic E-state index is 13.5. The number of hydrogen-bond acceptors (Lipinski definition) is 3. The second kappa shape index (κ2) is 6.03. The van der Waals surface area contributed by atoms with Gasteiger partial charge in [-0.25, -0.2) is 4.39 Å². The Bertz CT molecular complexity index is 537. The molecule has 0 aliphatic carbocycles. The van der Waals surface area contributed by atoms with Gasteiger partial charge in [0.1, 0.15) is 11.9 Å². The van der Waals surface area contributed by atoms with E-state index in [0.717, 1.165) is 25.1 Å². The molecule has 2 heterocycles. The first-order valence-corrected chi connectivity index (χ1v) is 7.94. The lowest BCUT2D eigenvalue weighted by atomic mass is 9.96. The summed E-state index contributed by atoms with van der Waals surface area (Å²) in [7, 11) is 0. The summed E-state index contributed by atoms with van der Waals surface area (Å²) in [5, 5.41) is 12.6. The van der Waals surface area contributed by atoms with Crippen LogP contribution in [0.3, 0.4) is 0 Å². The molecular formula is C17H22FN3. The smallest absolute Gasteiger partial charge is 0.141 e. The second-order valence-electron chi connectivity index (χ2n) is 6.19. The van der Waals surface area contributed by atoms with Crippen LogP contribution >= 0.6 is 0 Å². The van der Waals surface area contributed by atoms with Gasteiger partial charge in [0.15, 0.2) is 0 Å². The monoisotopic (exact) mass is 287 g/mol. The molecule has 2 atom stereocenters. The Kier molecular flexibility index (Phi) is 4.12. The summed E-state index contributed by atoms with van der Waals surface area (Å²) in [5.74, 6) is -0.423. The quantitative estimate of drug-likeness (QED) is 0.924. The Hall–Kier alpha value is -1.60. The van der Waals surface area contributed by atoms with Crippen LogP contribution in [0.25, 0.3) is 0 Å². The van der Waals surface area contributed by atoms with Gasteiger partial charge in [-0.3, -0.25) is 0 Å². The van der Waals surface area contributed by atoms with Gasteiger partial charge in [-0.2, -0.15) is 5.26 Å². The van der Waals surface area contributed by atoms with E-state index in [2.05, 4.69) is 17.1 Å². The predicted molar refractivity (Wildman–Crippen MR) is 81.7 cm³/mol. The Morgan fingerprint density at radius 1 is 1.33 bits per heavy atom. The van der Waals surface area contributed by atoms with E-state index in [1.165, 1.54) is 25.3 Å². The third kappa shape index (κ3) is 2.75. The lowest BCUT2D eigenvalue weighted by Crippen LogP contribution is -2.49. The van der Waals surface area contributed by atoms with Crippen molar-refractivity contribution in [1.29, 1.82) is 5.26 Å². The van der Waals surface area contributed by atoms with Crippen LogP contribution in [0.5, 0.6) is 0 Å². The largest absolute Gasteiger partial charge is 0.365 e. The number of anilines is 1. The van der Waals surface area contributed by atoms with Crippen molar-refractivity contribution >= 4 is 5.69 Å². The lowest BCUT2D eigenvalue weighted by Gasteiger charge is -2.41. The fourth-order valence-corrected chi connectivity index (χ4v) is 3.87. The molecule has 1 aromatic carbocycles.